The Hall–Kier alpha value is -1.47. The molecule has 0 saturated heterocycles. The molecule has 0 atom stereocenters. The van der Waals surface area contributed by atoms with Gasteiger partial charge in [0.15, 0.2) is 0 Å². The van der Waals surface area contributed by atoms with Crippen molar-refractivity contribution in [2.24, 2.45) is 5.73 Å². The van der Waals surface area contributed by atoms with Gasteiger partial charge in [-0.15, -0.1) is 0 Å². The van der Waals surface area contributed by atoms with Crippen molar-refractivity contribution in [2.45, 2.75) is 11.5 Å². The number of thioether (sulfide) groups is 1. The fourth-order valence-electron chi connectivity index (χ4n) is 1.78. The lowest BCUT2D eigenvalue weighted by Crippen LogP contribution is -1.94. The van der Waals surface area contributed by atoms with Crippen LogP contribution in [0.2, 0.25) is 5.02 Å². The molecule has 21 heavy (non-hydrogen) atoms. The molecule has 0 radical (unpaired) electrons. The zero-order valence-electron chi connectivity index (χ0n) is 11.4. The highest BCUT2D eigenvalue weighted by Gasteiger charge is 2.04. The summed E-state index contributed by atoms with van der Waals surface area (Å²) >= 11 is 7.72. The minimum atomic E-state index is -0.231. The first-order valence-electron chi connectivity index (χ1n) is 6.49. The van der Waals surface area contributed by atoms with Crippen LogP contribution in [0.5, 0.6) is 0 Å². The van der Waals surface area contributed by atoms with E-state index in [9.17, 15) is 4.39 Å². The van der Waals surface area contributed by atoms with Crippen molar-refractivity contribution >= 4 is 23.4 Å². The summed E-state index contributed by atoms with van der Waals surface area (Å²) < 4.78 is 13.9. The molecule has 0 spiro atoms. The SMILES string of the molecule is NCC#Cc1ccc(CSCc2ccccc2Cl)c(F)c1. The van der Waals surface area contributed by atoms with E-state index in [0.29, 0.717) is 16.9 Å². The van der Waals surface area contributed by atoms with Crippen LogP contribution in [0.3, 0.4) is 0 Å². The smallest absolute Gasteiger partial charge is 0.128 e. The van der Waals surface area contributed by atoms with Crippen molar-refractivity contribution < 1.29 is 4.39 Å². The zero-order valence-corrected chi connectivity index (χ0v) is 13.0. The van der Waals surface area contributed by atoms with E-state index in [1.807, 2.05) is 30.3 Å². The van der Waals surface area contributed by atoms with Crippen LogP contribution in [0.25, 0.3) is 0 Å². The number of hydrogen-bond donors (Lipinski definition) is 1. The van der Waals surface area contributed by atoms with E-state index in [1.54, 1.807) is 17.8 Å². The summed E-state index contributed by atoms with van der Waals surface area (Å²) in [5.41, 5.74) is 7.68. The molecule has 2 aromatic rings. The molecule has 4 heteroatoms. The average molecular weight is 320 g/mol. The molecule has 0 aliphatic rings. The summed E-state index contributed by atoms with van der Waals surface area (Å²) in [6, 6.07) is 12.7. The molecule has 0 aliphatic heterocycles. The molecule has 0 unspecified atom stereocenters. The molecule has 0 aliphatic carbocycles. The van der Waals surface area contributed by atoms with Crippen LogP contribution in [0.15, 0.2) is 42.5 Å². The topological polar surface area (TPSA) is 26.0 Å². The summed E-state index contributed by atoms with van der Waals surface area (Å²) in [6.45, 7) is 0.275. The molecule has 0 saturated carbocycles. The van der Waals surface area contributed by atoms with E-state index in [1.165, 1.54) is 6.07 Å². The van der Waals surface area contributed by atoms with Gasteiger partial charge in [-0.25, -0.2) is 4.39 Å². The average Bonchev–Trinajstić information content (AvgIpc) is 2.49. The molecule has 0 fully saturated rings. The molecule has 0 bridgehead atoms. The van der Waals surface area contributed by atoms with Gasteiger partial charge in [-0.1, -0.05) is 47.7 Å². The van der Waals surface area contributed by atoms with Crippen molar-refractivity contribution in [2.75, 3.05) is 6.54 Å². The second-order valence-electron chi connectivity index (χ2n) is 4.40. The van der Waals surface area contributed by atoms with Gasteiger partial charge in [0.25, 0.3) is 0 Å². The molecule has 0 amide bonds. The molecular weight excluding hydrogens is 305 g/mol. The molecule has 108 valence electrons. The number of benzene rings is 2. The van der Waals surface area contributed by atoms with Crippen LogP contribution in [-0.2, 0) is 11.5 Å². The van der Waals surface area contributed by atoms with Gasteiger partial charge < -0.3 is 5.73 Å². The Kier molecular flexibility index (Phi) is 6.13. The number of hydrogen-bond acceptors (Lipinski definition) is 2. The lowest BCUT2D eigenvalue weighted by atomic mass is 10.1. The second-order valence-corrected chi connectivity index (χ2v) is 5.79. The number of halogens is 2. The summed E-state index contributed by atoms with van der Waals surface area (Å²) in [6.07, 6.45) is 0. The largest absolute Gasteiger partial charge is 0.320 e. The number of rotatable bonds is 4. The Morgan fingerprint density at radius 2 is 1.86 bits per heavy atom. The number of nitrogens with two attached hydrogens (primary N) is 1. The predicted molar refractivity (Wildman–Crippen MR) is 88.8 cm³/mol. The van der Waals surface area contributed by atoms with Gasteiger partial charge in [-0.2, -0.15) is 11.8 Å². The highest BCUT2D eigenvalue weighted by Crippen LogP contribution is 2.24. The fourth-order valence-corrected chi connectivity index (χ4v) is 3.09. The van der Waals surface area contributed by atoms with Crippen LogP contribution in [-0.4, -0.2) is 6.54 Å². The van der Waals surface area contributed by atoms with Gasteiger partial charge in [0.05, 0.1) is 6.54 Å². The van der Waals surface area contributed by atoms with E-state index in [2.05, 4.69) is 11.8 Å². The standard InChI is InChI=1S/C17H15ClFNS/c18-16-6-2-1-5-14(16)11-21-12-15-8-7-13(4-3-9-20)10-17(15)19/h1-2,5-8,10H,9,11-12,20H2. The highest BCUT2D eigenvalue weighted by atomic mass is 35.5. The lowest BCUT2D eigenvalue weighted by Gasteiger charge is -2.06. The Bertz CT molecular complexity index is 676. The fraction of sp³-hybridized carbons (Fsp3) is 0.176. The van der Waals surface area contributed by atoms with Crippen LogP contribution >= 0.6 is 23.4 Å². The zero-order chi connectivity index (χ0) is 15.1. The maximum atomic E-state index is 13.9. The van der Waals surface area contributed by atoms with Crippen molar-refractivity contribution in [1.29, 1.82) is 0 Å². The molecule has 2 N–H and O–H groups in total. The van der Waals surface area contributed by atoms with Crippen molar-refractivity contribution in [3.05, 3.63) is 70.0 Å². The normalized spacial score (nSPS) is 10.0. The first-order chi connectivity index (χ1) is 10.2. The first kappa shape index (κ1) is 15.9. The van der Waals surface area contributed by atoms with Crippen LogP contribution < -0.4 is 5.73 Å². The summed E-state index contributed by atoms with van der Waals surface area (Å²) in [5, 5.41) is 0.748. The quantitative estimate of drug-likeness (QED) is 0.854. The second kappa shape index (κ2) is 8.09. The maximum absolute atomic E-state index is 13.9. The van der Waals surface area contributed by atoms with E-state index in [0.717, 1.165) is 16.3 Å². The van der Waals surface area contributed by atoms with Crippen LogP contribution in [0.1, 0.15) is 16.7 Å². The Morgan fingerprint density at radius 3 is 2.57 bits per heavy atom. The predicted octanol–water partition coefficient (Wildman–Crippen LogP) is 4.22. The summed E-state index contributed by atoms with van der Waals surface area (Å²) in [7, 11) is 0. The molecule has 2 aromatic carbocycles. The van der Waals surface area contributed by atoms with Crippen molar-refractivity contribution in [1.82, 2.24) is 0 Å². The molecular formula is C17H15ClFNS. The van der Waals surface area contributed by atoms with Gasteiger partial charge in [0.2, 0.25) is 0 Å². The Morgan fingerprint density at radius 1 is 1.10 bits per heavy atom. The molecule has 1 nitrogen and oxygen atoms in total. The Balaban J connectivity index is 1.96. The maximum Gasteiger partial charge on any atom is 0.128 e. The van der Waals surface area contributed by atoms with Gasteiger partial charge >= 0.3 is 0 Å². The van der Waals surface area contributed by atoms with E-state index in [4.69, 9.17) is 17.3 Å². The van der Waals surface area contributed by atoms with Gasteiger partial charge in [0.1, 0.15) is 5.82 Å². The van der Waals surface area contributed by atoms with Crippen LogP contribution in [0.4, 0.5) is 4.39 Å². The highest BCUT2D eigenvalue weighted by molar-refractivity contribution is 7.97. The van der Waals surface area contributed by atoms with E-state index in [-0.39, 0.29) is 12.4 Å². The van der Waals surface area contributed by atoms with Crippen molar-refractivity contribution in [3.63, 3.8) is 0 Å². The van der Waals surface area contributed by atoms with Gasteiger partial charge in [-0.05, 0) is 29.3 Å². The summed E-state index contributed by atoms with van der Waals surface area (Å²) in [4.78, 5) is 0. The van der Waals surface area contributed by atoms with Crippen molar-refractivity contribution in [3.8, 4) is 11.8 Å². The lowest BCUT2D eigenvalue weighted by molar-refractivity contribution is 0.617. The monoisotopic (exact) mass is 319 g/mol. The van der Waals surface area contributed by atoms with E-state index >= 15 is 0 Å². The Labute approximate surface area is 133 Å². The molecule has 0 heterocycles. The molecule has 0 aromatic heterocycles. The summed E-state index contributed by atoms with van der Waals surface area (Å²) in [5.74, 6) is 6.66. The minimum Gasteiger partial charge on any atom is -0.320 e. The minimum absolute atomic E-state index is 0.231. The third kappa shape index (κ3) is 4.78. The molecule has 2 rings (SSSR count). The van der Waals surface area contributed by atoms with E-state index < -0.39 is 0 Å². The third-order valence-corrected chi connectivity index (χ3v) is 4.26. The first-order valence-corrected chi connectivity index (χ1v) is 8.02. The third-order valence-electron chi connectivity index (χ3n) is 2.86. The van der Waals surface area contributed by atoms with Gasteiger partial charge in [0, 0.05) is 22.1 Å². The van der Waals surface area contributed by atoms with Crippen LogP contribution in [0, 0.1) is 17.7 Å². The van der Waals surface area contributed by atoms with Gasteiger partial charge in [-0.3, -0.25) is 0 Å².